The zero-order valence-corrected chi connectivity index (χ0v) is 13.6. The Kier molecular flexibility index (Phi) is 6.49. The van der Waals surface area contributed by atoms with E-state index in [1.54, 1.807) is 0 Å². The molecule has 1 aliphatic carbocycles. The molecular weight excluding hydrogens is 268 g/mol. The molecule has 2 amide bonds. The third-order valence-corrected chi connectivity index (χ3v) is 4.26. The van der Waals surface area contributed by atoms with E-state index < -0.39 is 11.4 Å². The molecule has 1 saturated carbocycles. The third-order valence-electron chi connectivity index (χ3n) is 4.26. The van der Waals surface area contributed by atoms with Crippen molar-refractivity contribution in [3.8, 4) is 0 Å². The first-order valence-corrected chi connectivity index (χ1v) is 8.00. The maximum absolute atomic E-state index is 11.8. The normalized spacial score (nSPS) is 18.6. The second-order valence-corrected chi connectivity index (χ2v) is 7.42. The Bertz CT molecular complexity index is 353. The molecule has 0 aromatic rings. The molecule has 0 radical (unpaired) electrons. The first-order chi connectivity index (χ1) is 9.75. The number of hydrogen-bond acceptors (Lipinski definition) is 2. The number of amides is 2. The molecule has 0 spiro atoms. The highest BCUT2D eigenvalue weighted by Crippen LogP contribution is 2.34. The summed E-state index contributed by atoms with van der Waals surface area (Å²) >= 11 is 0. The Morgan fingerprint density at radius 2 is 1.62 bits per heavy atom. The van der Waals surface area contributed by atoms with Gasteiger partial charge in [-0.15, -0.1) is 0 Å². The molecule has 0 aromatic heterocycles. The molecule has 0 aromatic carbocycles. The van der Waals surface area contributed by atoms with E-state index in [2.05, 4.69) is 31.4 Å². The molecule has 0 bridgehead atoms. The predicted molar refractivity (Wildman–Crippen MR) is 83.2 cm³/mol. The second-order valence-electron chi connectivity index (χ2n) is 7.42. The fourth-order valence-electron chi connectivity index (χ4n) is 2.73. The van der Waals surface area contributed by atoms with E-state index in [0.717, 1.165) is 32.1 Å². The quantitative estimate of drug-likeness (QED) is 0.682. The molecule has 5 heteroatoms. The van der Waals surface area contributed by atoms with E-state index in [1.165, 1.54) is 0 Å². The van der Waals surface area contributed by atoms with Crippen LogP contribution in [0.4, 0.5) is 4.79 Å². The minimum absolute atomic E-state index is 0.177. The van der Waals surface area contributed by atoms with Crippen molar-refractivity contribution >= 4 is 12.0 Å². The zero-order valence-electron chi connectivity index (χ0n) is 13.6. The van der Waals surface area contributed by atoms with Crippen molar-refractivity contribution in [2.24, 2.45) is 10.8 Å². The molecule has 1 fully saturated rings. The monoisotopic (exact) mass is 298 g/mol. The molecule has 0 aliphatic heterocycles. The molecular formula is C16H30N2O3. The van der Waals surface area contributed by atoms with Crippen molar-refractivity contribution in [2.45, 2.75) is 65.7 Å². The van der Waals surface area contributed by atoms with Crippen LogP contribution in [0.2, 0.25) is 0 Å². The number of aliphatic carboxylic acids is 1. The van der Waals surface area contributed by atoms with Crippen LogP contribution in [0.5, 0.6) is 0 Å². The van der Waals surface area contributed by atoms with Crippen LogP contribution in [0.25, 0.3) is 0 Å². The van der Waals surface area contributed by atoms with E-state index in [-0.39, 0.29) is 18.0 Å². The topological polar surface area (TPSA) is 78.4 Å². The molecule has 0 heterocycles. The first-order valence-electron chi connectivity index (χ1n) is 8.00. The number of carboxylic acid groups (broad SMARTS) is 1. The highest BCUT2D eigenvalue weighted by Gasteiger charge is 2.38. The molecule has 5 nitrogen and oxygen atoms in total. The number of urea groups is 1. The predicted octanol–water partition coefficient (Wildman–Crippen LogP) is 3.15. The van der Waals surface area contributed by atoms with Gasteiger partial charge in [0.1, 0.15) is 0 Å². The summed E-state index contributed by atoms with van der Waals surface area (Å²) in [5.41, 5.74) is -0.602. The summed E-state index contributed by atoms with van der Waals surface area (Å²) < 4.78 is 0. The number of carboxylic acids is 1. The molecule has 0 unspecified atom stereocenters. The lowest BCUT2D eigenvalue weighted by molar-refractivity contribution is -0.149. The van der Waals surface area contributed by atoms with Gasteiger partial charge >= 0.3 is 12.0 Å². The van der Waals surface area contributed by atoms with Crippen molar-refractivity contribution in [1.29, 1.82) is 0 Å². The third kappa shape index (κ3) is 6.36. The standard InChI is InChI=1S/C16H30N2O3/c1-15(2,3)10-11-17-14(21)18-12-16(13(19)20)8-6-4-5-7-9-16/h4-12H2,1-3H3,(H,19,20)(H2,17,18,21). The Balaban J connectivity index is 2.42. The Morgan fingerprint density at radius 1 is 1.05 bits per heavy atom. The summed E-state index contributed by atoms with van der Waals surface area (Å²) in [6.45, 7) is 7.20. The van der Waals surface area contributed by atoms with Crippen molar-refractivity contribution in [3.63, 3.8) is 0 Å². The summed E-state index contributed by atoms with van der Waals surface area (Å²) in [5, 5.41) is 15.1. The molecule has 0 saturated heterocycles. The van der Waals surface area contributed by atoms with Crippen molar-refractivity contribution in [2.75, 3.05) is 13.1 Å². The summed E-state index contributed by atoms with van der Waals surface area (Å²) in [5.74, 6) is -0.778. The van der Waals surface area contributed by atoms with Gasteiger partial charge in [-0.1, -0.05) is 46.5 Å². The lowest BCUT2D eigenvalue weighted by Gasteiger charge is -2.28. The van der Waals surface area contributed by atoms with E-state index in [1.807, 2.05) is 0 Å². The Labute approximate surface area is 127 Å². The van der Waals surface area contributed by atoms with Gasteiger partial charge in [-0.25, -0.2) is 4.79 Å². The fourth-order valence-corrected chi connectivity index (χ4v) is 2.73. The van der Waals surface area contributed by atoms with E-state index in [9.17, 15) is 14.7 Å². The summed E-state index contributed by atoms with van der Waals surface area (Å²) in [7, 11) is 0. The summed E-state index contributed by atoms with van der Waals surface area (Å²) in [4.78, 5) is 23.4. The Morgan fingerprint density at radius 3 is 2.10 bits per heavy atom. The average Bonchev–Trinajstić information content (AvgIpc) is 2.61. The van der Waals surface area contributed by atoms with Crippen LogP contribution in [0.1, 0.15) is 65.7 Å². The van der Waals surface area contributed by atoms with Crippen LogP contribution < -0.4 is 10.6 Å². The van der Waals surface area contributed by atoms with Gasteiger partial charge in [-0.3, -0.25) is 4.79 Å². The molecule has 21 heavy (non-hydrogen) atoms. The second kappa shape index (κ2) is 7.66. The Hall–Kier alpha value is -1.26. The molecule has 0 atom stereocenters. The molecule has 1 aliphatic rings. The number of carbonyl (C=O) groups excluding carboxylic acids is 1. The van der Waals surface area contributed by atoms with Gasteiger partial charge in [0, 0.05) is 13.1 Å². The maximum Gasteiger partial charge on any atom is 0.314 e. The van der Waals surface area contributed by atoms with Crippen LogP contribution in [-0.2, 0) is 4.79 Å². The van der Waals surface area contributed by atoms with Crippen LogP contribution >= 0.6 is 0 Å². The SMILES string of the molecule is CC(C)(C)CCNC(=O)NCC1(C(=O)O)CCCCCC1. The van der Waals surface area contributed by atoms with Crippen LogP contribution in [0, 0.1) is 10.8 Å². The van der Waals surface area contributed by atoms with E-state index in [4.69, 9.17) is 0 Å². The van der Waals surface area contributed by atoms with Crippen LogP contribution in [0.3, 0.4) is 0 Å². The highest BCUT2D eigenvalue weighted by atomic mass is 16.4. The maximum atomic E-state index is 11.8. The minimum Gasteiger partial charge on any atom is -0.481 e. The number of nitrogens with one attached hydrogen (secondary N) is 2. The first kappa shape index (κ1) is 17.8. The highest BCUT2D eigenvalue weighted by molar-refractivity contribution is 5.78. The summed E-state index contributed by atoms with van der Waals surface area (Å²) in [6.07, 6.45) is 6.25. The van der Waals surface area contributed by atoms with E-state index in [0.29, 0.717) is 19.4 Å². The van der Waals surface area contributed by atoms with Gasteiger partial charge in [0.15, 0.2) is 0 Å². The van der Waals surface area contributed by atoms with E-state index >= 15 is 0 Å². The fraction of sp³-hybridized carbons (Fsp3) is 0.875. The number of rotatable bonds is 5. The number of hydrogen-bond donors (Lipinski definition) is 3. The summed E-state index contributed by atoms with van der Waals surface area (Å²) in [6, 6.07) is -0.260. The zero-order chi connectivity index (χ0) is 15.9. The number of carbonyl (C=O) groups is 2. The lowest BCUT2D eigenvalue weighted by atomic mass is 9.80. The van der Waals surface area contributed by atoms with Gasteiger partial charge in [-0.2, -0.15) is 0 Å². The van der Waals surface area contributed by atoms with Gasteiger partial charge in [0.05, 0.1) is 5.41 Å². The smallest absolute Gasteiger partial charge is 0.314 e. The van der Waals surface area contributed by atoms with Gasteiger partial charge < -0.3 is 15.7 Å². The van der Waals surface area contributed by atoms with Crippen molar-refractivity contribution in [1.82, 2.24) is 10.6 Å². The minimum atomic E-state index is -0.780. The van der Waals surface area contributed by atoms with Crippen LogP contribution in [0.15, 0.2) is 0 Å². The molecule has 122 valence electrons. The average molecular weight is 298 g/mol. The largest absolute Gasteiger partial charge is 0.481 e. The van der Waals surface area contributed by atoms with Gasteiger partial charge in [-0.05, 0) is 24.7 Å². The molecule has 3 N–H and O–H groups in total. The molecule has 1 rings (SSSR count). The van der Waals surface area contributed by atoms with Crippen LogP contribution in [-0.4, -0.2) is 30.2 Å². The van der Waals surface area contributed by atoms with Gasteiger partial charge in [0.25, 0.3) is 0 Å². The van der Waals surface area contributed by atoms with Gasteiger partial charge in [0.2, 0.25) is 0 Å². The van der Waals surface area contributed by atoms with Crippen molar-refractivity contribution in [3.05, 3.63) is 0 Å². The lowest BCUT2D eigenvalue weighted by Crippen LogP contribution is -2.46. The van der Waals surface area contributed by atoms with Crippen molar-refractivity contribution < 1.29 is 14.7 Å².